The Balaban J connectivity index is 4.53. The Morgan fingerprint density at radius 2 is 0.983 bits per heavy atom. The van der Waals surface area contributed by atoms with E-state index in [4.69, 9.17) is 18.5 Å². The first-order valence-electron chi connectivity index (χ1n) is 22.3. The maximum absolute atomic E-state index is 12.7. The molecule has 332 valence electrons. The number of quaternary nitrogens is 1. The van der Waals surface area contributed by atoms with Crippen LogP contribution < -0.4 is 4.89 Å². The van der Waals surface area contributed by atoms with E-state index in [-0.39, 0.29) is 26.1 Å². The predicted octanol–water partition coefficient (Wildman–Crippen LogP) is 12.2. The summed E-state index contributed by atoms with van der Waals surface area (Å²) in [5, 5.41) is 0. The van der Waals surface area contributed by atoms with E-state index in [9.17, 15) is 19.0 Å². The Morgan fingerprint density at radius 1 is 0.552 bits per heavy atom. The van der Waals surface area contributed by atoms with Crippen molar-refractivity contribution in [3.05, 3.63) is 85.1 Å². The van der Waals surface area contributed by atoms with Gasteiger partial charge in [-0.25, -0.2) is 0 Å². The van der Waals surface area contributed by atoms with Gasteiger partial charge in [-0.05, 0) is 77.0 Å². The molecule has 0 radical (unpaired) electrons. The van der Waals surface area contributed by atoms with Crippen LogP contribution in [0.2, 0.25) is 0 Å². The molecule has 0 amide bonds. The number of hydrogen-bond donors (Lipinski definition) is 0. The van der Waals surface area contributed by atoms with E-state index in [0.29, 0.717) is 30.3 Å². The molecule has 0 aromatic carbocycles. The van der Waals surface area contributed by atoms with Crippen LogP contribution in [0.3, 0.4) is 0 Å². The molecule has 10 heteroatoms. The zero-order valence-electron chi connectivity index (χ0n) is 37.2. The second kappa shape index (κ2) is 39.6. The van der Waals surface area contributed by atoms with Crippen molar-refractivity contribution in [2.45, 2.75) is 161 Å². The molecule has 0 aliphatic rings. The highest BCUT2D eigenvalue weighted by Crippen LogP contribution is 2.38. The van der Waals surface area contributed by atoms with Crippen molar-refractivity contribution in [3.8, 4) is 0 Å². The molecular weight excluding hydrogens is 750 g/mol. The fraction of sp³-hybridized carbons (Fsp3) is 0.667. The Morgan fingerprint density at radius 3 is 1.47 bits per heavy atom. The molecular formula is C48H82NO8P. The Bertz CT molecular complexity index is 1260. The highest BCUT2D eigenvalue weighted by molar-refractivity contribution is 7.45. The quantitative estimate of drug-likeness (QED) is 0.0198. The van der Waals surface area contributed by atoms with Crippen LogP contribution in [0.4, 0.5) is 0 Å². The highest BCUT2D eigenvalue weighted by atomic mass is 31.2. The van der Waals surface area contributed by atoms with E-state index in [0.717, 1.165) is 51.4 Å². The first-order valence-corrected chi connectivity index (χ1v) is 23.8. The van der Waals surface area contributed by atoms with Gasteiger partial charge < -0.3 is 27.9 Å². The topological polar surface area (TPSA) is 111 Å². The fourth-order valence-electron chi connectivity index (χ4n) is 5.43. The molecule has 0 heterocycles. The lowest BCUT2D eigenvalue weighted by Crippen LogP contribution is -2.37. The van der Waals surface area contributed by atoms with Crippen LogP contribution in [0, 0.1) is 0 Å². The molecule has 0 fully saturated rings. The number of carbonyl (C=O) groups is 2. The number of phosphoric ester groups is 1. The third-order valence-electron chi connectivity index (χ3n) is 8.90. The number of rotatable bonds is 39. The van der Waals surface area contributed by atoms with E-state index in [1.165, 1.54) is 57.8 Å². The summed E-state index contributed by atoms with van der Waals surface area (Å²) in [5.41, 5.74) is 0. The molecule has 0 spiro atoms. The maximum Gasteiger partial charge on any atom is 0.306 e. The highest BCUT2D eigenvalue weighted by Gasteiger charge is 2.21. The van der Waals surface area contributed by atoms with Crippen molar-refractivity contribution >= 4 is 19.8 Å². The lowest BCUT2D eigenvalue weighted by Gasteiger charge is -2.28. The minimum absolute atomic E-state index is 0.0514. The molecule has 0 saturated heterocycles. The Kier molecular flexibility index (Phi) is 37.7. The van der Waals surface area contributed by atoms with Gasteiger partial charge in [-0.2, -0.15) is 0 Å². The summed E-state index contributed by atoms with van der Waals surface area (Å²) in [4.78, 5) is 37.5. The monoisotopic (exact) mass is 832 g/mol. The van der Waals surface area contributed by atoms with Crippen LogP contribution in [0.25, 0.3) is 0 Å². The van der Waals surface area contributed by atoms with Gasteiger partial charge in [0, 0.05) is 12.8 Å². The molecule has 58 heavy (non-hydrogen) atoms. The molecule has 0 aliphatic heterocycles. The molecule has 0 aliphatic carbocycles. The summed E-state index contributed by atoms with van der Waals surface area (Å²) in [6, 6.07) is 0. The zero-order chi connectivity index (χ0) is 42.8. The molecule has 0 saturated carbocycles. The minimum atomic E-state index is -4.65. The van der Waals surface area contributed by atoms with Crippen molar-refractivity contribution in [2.24, 2.45) is 0 Å². The van der Waals surface area contributed by atoms with Crippen LogP contribution >= 0.6 is 7.82 Å². The molecule has 1 unspecified atom stereocenters. The van der Waals surface area contributed by atoms with E-state index < -0.39 is 32.5 Å². The van der Waals surface area contributed by atoms with Crippen molar-refractivity contribution < 1.29 is 42.1 Å². The summed E-state index contributed by atoms with van der Waals surface area (Å²) in [6.45, 7) is 3.98. The third-order valence-corrected chi connectivity index (χ3v) is 9.86. The van der Waals surface area contributed by atoms with Gasteiger partial charge in [-0.3, -0.25) is 14.2 Å². The van der Waals surface area contributed by atoms with Gasteiger partial charge in [0.05, 0.1) is 27.7 Å². The summed E-state index contributed by atoms with van der Waals surface area (Å²) in [7, 11) is 1.10. The van der Waals surface area contributed by atoms with E-state index in [1.54, 1.807) is 0 Å². The van der Waals surface area contributed by atoms with Crippen molar-refractivity contribution in [2.75, 3.05) is 47.5 Å². The van der Waals surface area contributed by atoms with E-state index in [1.807, 2.05) is 27.2 Å². The predicted molar refractivity (Wildman–Crippen MR) is 240 cm³/mol. The SMILES string of the molecule is CC/C=C/C/C=C/C/C=C/C/C=C/C/C=C/CCCC(=O)OC[C@H](COP(=O)([O-])OCC[N+](C)(C)C)OC(=O)CCC/C=C/C/C=C/CCCCCCCCCCC. The maximum atomic E-state index is 12.7. The fourth-order valence-corrected chi connectivity index (χ4v) is 6.16. The van der Waals surface area contributed by atoms with Crippen LogP contribution in [0.5, 0.6) is 0 Å². The van der Waals surface area contributed by atoms with Gasteiger partial charge in [0.25, 0.3) is 7.82 Å². The second-order valence-electron chi connectivity index (χ2n) is 15.7. The number of unbranched alkanes of at least 4 members (excludes halogenated alkanes) is 11. The lowest BCUT2D eigenvalue weighted by atomic mass is 10.1. The average molecular weight is 832 g/mol. The minimum Gasteiger partial charge on any atom is -0.756 e. The van der Waals surface area contributed by atoms with Crippen molar-refractivity contribution in [3.63, 3.8) is 0 Å². The van der Waals surface area contributed by atoms with Gasteiger partial charge in [0.15, 0.2) is 6.10 Å². The molecule has 0 bridgehead atoms. The van der Waals surface area contributed by atoms with E-state index in [2.05, 4.69) is 92.8 Å². The second-order valence-corrected chi connectivity index (χ2v) is 17.1. The largest absolute Gasteiger partial charge is 0.756 e. The van der Waals surface area contributed by atoms with Crippen LogP contribution in [-0.4, -0.2) is 70.0 Å². The summed E-state index contributed by atoms with van der Waals surface area (Å²) in [6.07, 6.45) is 50.6. The van der Waals surface area contributed by atoms with Crippen LogP contribution in [0.1, 0.15) is 155 Å². The van der Waals surface area contributed by atoms with Crippen molar-refractivity contribution in [1.82, 2.24) is 0 Å². The number of ether oxygens (including phenoxy) is 2. The number of phosphoric acid groups is 1. The van der Waals surface area contributed by atoms with Crippen LogP contribution in [0.15, 0.2) is 85.1 Å². The first-order chi connectivity index (χ1) is 28.0. The van der Waals surface area contributed by atoms with E-state index >= 15 is 0 Å². The number of likely N-dealkylation sites (N-methyl/N-ethyl adjacent to an activating group) is 1. The average Bonchev–Trinajstić information content (AvgIpc) is 3.17. The number of esters is 2. The molecule has 0 rings (SSSR count). The standard InChI is InChI=1S/C48H82NO8P/c1-6-8-10-12-14-16-18-20-22-24-26-28-30-32-34-36-38-40-47(50)54-44-46(45-56-58(52,53)55-43-42-49(3,4)5)57-48(51)41-39-37-35-33-31-29-27-25-23-21-19-17-15-13-11-9-7-2/h8,10,14,16,20,22,26-29,32-35,46H,6-7,9,11-13,15,17-19,21,23-25,30-31,36-45H2,1-5H3/b10-8+,16-14+,22-20+,28-26+,29-27+,34-32+,35-33+/t46-/m1/s1. The smallest absolute Gasteiger partial charge is 0.306 e. The van der Waals surface area contributed by atoms with Gasteiger partial charge >= 0.3 is 11.9 Å². The lowest BCUT2D eigenvalue weighted by molar-refractivity contribution is -0.870. The summed E-state index contributed by atoms with van der Waals surface area (Å²) in [5.74, 6) is -0.964. The first kappa shape index (κ1) is 55.2. The van der Waals surface area contributed by atoms with Gasteiger partial charge in [-0.1, -0.05) is 150 Å². The molecule has 0 N–H and O–H groups in total. The summed E-state index contributed by atoms with van der Waals surface area (Å²) < 4.78 is 33.8. The number of allylic oxidation sites excluding steroid dienone is 14. The molecule has 0 aromatic heterocycles. The molecule has 2 atom stereocenters. The Hall–Kier alpha value is -2.81. The number of hydrogen-bond acceptors (Lipinski definition) is 8. The molecule has 0 aromatic rings. The molecule has 9 nitrogen and oxygen atoms in total. The normalized spacial score (nSPS) is 14.4. The summed E-state index contributed by atoms with van der Waals surface area (Å²) >= 11 is 0. The zero-order valence-corrected chi connectivity index (χ0v) is 38.1. The van der Waals surface area contributed by atoms with Crippen LogP contribution in [-0.2, 0) is 32.7 Å². The van der Waals surface area contributed by atoms with Crippen molar-refractivity contribution in [1.29, 1.82) is 0 Å². The van der Waals surface area contributed by atoms with Gasteiger partial charge in [0.2, 0.25) is 0 Å². The third kappa shape index (κ3) is 42.8. The Labute approximate surface area is 354 Å². The van der Waals surface area contributed by atoms with Gasteiger partial charge in [0.1, 0.15) is 19.8 Å². The van der Waals surface area contributed by atoms with Gasteiger partial charge in [-0.15, -0.1) is 0 Å². The number of carbonyl (C=O) groups excluding carboxylic acids is 2. The number of nitrogens with zero attached hydrogens (tertiary/aromatic N) is 1.